The summed E-state index contributed by atoms with van der Waals surface area (Å²) in [4.78, 5) is 8.80. The number of nitrogens with zero attached hydrogens (tertiary/aromatic N) is 2. The molecule has 0 saturated heterocycles. The Balaban J connectivity index is 2.11. The van der Waals surface area contributed by atoms with E-state index >= 15 is 0 Å². The molecule has 2 aromatic rings. The number of benzene rings is 1. The molecule has 0 unspecified atom stereocenters. The van der Waals surface area contributed by atoms with Gasteiger partial charge >= 0.3 is 0 Å². The number of aromatic nitrogens is 2. The molecule has 0 aliphatic heterocycles. The van der Waals surface area contributed by atoms with Crippen molar-refractivity contribution in [1.82, 2.24) is 9.97 Å². The molecule has 1 fully saturated rings. The molecule has 0 bridgehead atoms. The maximum Gasteiger partial charge on any atom is 0.161 e. The number of halogens is 4. The van der Waals surface area contributed by atoms with Gasteiger partial charge in [0.05, 0.1) is 14.3 Å². The molecule has 98 valence electrons. The highest BCUT2D eigenvalue weighted by Gasteiger charge is 2.29. The standard InChI is InChI=1S/C13H8Cl2FIN2/c14-8-5-7(3-4-9(8)16)13-18-11(6-1-2-6)10(17)12(15)19-13/h3-6H,1-2H2. The quantitative estimate of drug-likeness (QED) is 0.512. The predicted octanol–water partition coefficient (Wildman–Crippen LogP) is 5.07. The summed E-state index contributed by atoms with van der Waals surface area (Å²) in [7, 11) is 0. The Morgan fingerprint density at radius 2 is 1.95 bits per heavy atom. The van der Waals surface area contributed by atoms with E-state index in [0.717, 1.165) is 22.1 Å². The smallest absolute Gasteiger partial charge is 0.161 e. The molecule has 0 atom stereocenters. The molecule has 0 spiro atoms. The van der Waals surface area contributed by atoms with Crippen LogP contribution in [0.1, 0.15) is 24.5 Å². The highest BCUT2D eigenvalue weighted by molar-refractivity contribution is 14.1. The Kier molecular flexibility index (Phi) is 3.66. The zero-order valence-electron chi connectivity index (χ0n) is 9.63. The summed E-state index contributed by atoms with van der Waals surface area (Å²) in [6.07, 6.45) is 2.26. The number of hydrogen-bond donors (Lipinski definition) is 0. The number of hydrogen-bond acceptors (Lipinski definition) is 2. The first-order chi connectivity index (χ1) is 9.06. The van der Waals surface area contributed by atoms with Crippen LogP contribution in [0, 0.1) is 9.39 Å². The topological polar surface area (TPSA) is 25.8 Å². The first kappa shape index (κ1) is 13.5. The van der Waals surface area contributed by atoms with Crippen molar-refractivity contribution in [1.29, 1.82) is 0 Å². The molecule has 19 heavy (non-hydrogen) atoms. The number of rotatable bonds is 2. The van der Waals surface area contributed by atoms with Gasteiger partial charge in [-0.2, -0.15) is 0 Å². The van der Waals surface area contributed by atoms with Gasteiger partial charge in [-0.15, -0.1) is 0 Å². The van der Waals surface area contributed by atoms with Gasteiger partial charge in [-0.3, -0.25) is 0 Å². The van der Waals surface area contributed by atoms with E-state index < -0.39 is 5.82 Å². The van der Waals surface area contributed by atoms with Gasteiger partial charge in [0, 0.05) is 11.5 Å². The Morgan fingerprint density at radius 3 is 2.58 bits per heavy atom. The molecule has 1 heterocycles. The largest absolute Gasteiger partial charge is 0.232 e. The lowest BCUT2D eigenvalue weighted by Crippen LogP contribution is -1.99. The van der Waals surface area contributed by atoms with Crippen molar-refractivity contribution in [2.24, 2.45) is 0 Å². The van der Waals surface area contributed by atoms with Crippen molar-refractivity contribution in [2.45, 2.75) is 18.8 Å². The van der Waals surface area contributed by atoms with Gasteiger partial charge in [0.15, 0.2) is 5.82 Å². The summed E-state index contributed by atoms with van der Waals surface area (Å²) < 4.78 is 14.1. The molecule has 1 aliphatic carbocycles. The fourth-order valence-corrected chi connectivity index (χ4v) is 2.87. The second-order valence-electron chi connectivity index (χ2n) is 4.44. The van der Waals surface area contributed by atoms with Gasteiger partial charge in [-0.25, -0.2) is 14.4 Å². The van der Waals surface area contributed by atoms with E-state index in [1.165, 1.54) is 12.1 Å². The second-order valence-corrected chi connectivity index (χ2v) is 6.28. The highest BCUT2D eigenvalue weighted by atomic mass is 127. The summed E-state index contributed by atoms with van der Waals surface area (Å²) >= 11 is 14.1. The van der Waals surface area contributed by atoms with Crippen molar-refractivity contribution < 1.29 is 4.39 Å². The van der Waals surface area contributed by atoms with E-state index in [2.05, 4.69) is 32.6 Å². The lowest BCUT2D eigenvalue weighted by Gasteiger charge is -2.08. The molecule has 0 amide bonds. The first-order valence-corrected chi connectivity index (χ1v) is 7.58. The van der Waals surface area contributed by atoms with E-state index in [-0.39, 0.29) is 5.02 Å². The predicted molar refractivity (Wildman–Crippen MR) is 82.1 cm³/mol. The zero-order valence-corrected chi connectivity index (χ0v) is 13.3. The fourth-order valence-electron chi connectivity index (χ4n) is 1.83. The molecule has 0 N–H and O–H groups in total. The molecule has 1 aliphatic rings. The van der Waals surface area contributed by atoms with Gasteiger partial charge in [0.25, 0.3) is 0 Å². The summed E-state index contributed by atoms with van der Waals surface area (Å²) in [5.74, 6) is 0.515. The van der Waals surface area contributed by atoms with Crippen LogP contribution in [-0.4, -0.2) is 9.97 Å². The molecule has 1 saturated carbocycles. The molecule has 2 nitrogen and oxygen atoms in total. The Bertz CT molecular complexity index is 659. The third kappa shape index (κ3) is 2.71. The Morgan fingerprint density at radius 1 is 1.21 bits per heavy atom. The van der Waals surface area contributed by atoms with Gasteiger partial charge in [0.2, 0.25) is 0 Å². The minimum absolute atomic E-state index is 0.0590. The maximum atomic E-state index is 13.2. The van der Waals surface area contributed by atoms with Crippen molar-refractivity contribution in [3.8, 4) is 11.4 Å². The van der Waals surface area contributed by atoms with Crippen LogP contribution in [0.4, 0.5) is 4.39 Å². The molecular weight excluding hydrogens is 401 g/mol. The summed E-state index contributed by atoms with van der Waals surface area (Å²) in [5.41, 5.74) is 1.66. The minimum atomic E-state index is -0.454. The molecular formula is C13H8Cl2FIN2. The maximum absolute atomic E-state index is 13.2. The van der Waals surface area contributed by atoms with Crippen LogP contribution in [0.5, 0.6) is 0 Å². The summed E-state index contributed by atoms with van der Waals surface area (Å²) in [5, 5.41) is 0.497. The second kappa shape index (κ2) is 5.14. The minimum Gasteiger partial charge on any atom is -0.232 e. The van der Waals surface area contributed by atoms with E-state index in [9.17, 15) is 4.39 Å². The van der Waals surface area contributed by atoms with E-state index in [1.807, 2.05) is 0 Å². The van der Waals surface area contributed by atoms with Crippen LogP contribution in [0.25, 0.3) is 11.4 Å². The highest BCUT2D eigenvalue weighted by Crippen LogP contribution is 2.42. The lowest BCUT2D eigenvalue weighted by atomic mass is 10.2. The van der Waals surface area contributed by atoms with Crippen molar-refractivity contribution >= 4 is 45.8 Å². The Hall–Kier alpha value is -0.460. The molecule has 1 aromatic carbocycles. The van der Waals surface area contributed by atoms with E-state index in [1.54, 1.807) is 6.07 Å². The molecule has 3 rings (SSSR count). The zero-order chi connectivity index (χ0) is 13.6. The van der Waals surface area contributed by atoms with E-state index in [0.29, 0.717) is 22.5 Å². The van der Waals surface area contributed by atoms with Gasteiger partial charge < -0.3 is 0 Å². The third-order valence-corrected chi connectivity index (χ3v) is 4.92. The SMILES string of the molecule is Fc1ccc(-c2nc(Cl)c(I)c(C3CC3)n2)cc1Cl. The van der Waals surface area contributed by atoms with Crippen LogP contribution >= 0.6 is 45.8 Å². The molecule has 1 aromatic heterocycles. The summed E-state index contributed by atoms with van der Waals surface area (Å²) in [6, 6.07) is 4.44. The van der Waals surface area contributed by atoms with Crippen molar-refractivity contribution in [3.05, 3.63) is 43.5 Å². The van der Waals surface area contributed by atoms with Crippen molar-refractivity contribution in [3.63, 3.8) is 0 Å². The normalized spacial score (nSPS) is 14.7. The lowest BCUT2D eigenvalue weighted by molar-refractivity contribution is 0.628. The molecule has 6 heteroatoms. The van der Waals surface area contributed by atoms with Crippen LogP contribution in [0.2, 0.25) is 10.2 Å². The molecule has 0 radical (unpaired) electrons. The average molecular weight is 409 g/mol. The van der Waals surface area contributed by atoms with Gasteiger partial charge in [0.1, 0.15) is 11.0 Å². The van der Waals surface area contributed by atoms with Crippen molar-refractivity contribution in [2.75, 3.05) is 0 Å². The average Bonchev–Trinajstić information content (AvgIpc) is 3.20. The van der Waals surface area contributed by atoms with Crippen LogP contribution in [0.15, 0.2) is 18.2 Å². The van der Waals surface area contributed by atoms with Crippen LogP contribution < -0.4 is 0 Å². The third-order valence-electron chi connectivity index (χ3n) is 2.98. The van der Waals surface area contributed by atoms with E-state index in [4.69, 9.17) is 23.2 Å². The summed E-state index contributed by atoms with van der Waals surface area (Å²) in [6.45, 7) is 0. The van der Waals surface area contributed by atoms with Crippen LogP contribution in [0.3, 0.4) is 0 Å². The van der Waals surface area contributed by atoms with Gasteiger partial charge in [-0.05, 0) is 53.6 Å². The fraction of sp³-hybridized carbons (Fsp3) is 0.231. The van der Waals surface area contributed by atoms with Crippen LogP contribution in [-0.2, 0) is 0 Å². The van der Waals surface area contributed by atoms with Gasteiger partial charge in [-0.1, -0.05) is 23.2 Å². The first-order valence-electron chi connectivity index (χ1n) is 5.74. The monoisotopic (exact) mass is 408 g/mol. The Labute approximate surface area is 133 Å².